The first kappa shape index (κ1) is 12.9. The van der Waals surface area contributed by atoms with Gasteiger partial charge in [-0.15, -0.1) is 6.42 Å². The van der Waals surface area contributed by atoms with Crippen LogP contribution in [0.1, 0.15) is 18.6 Å². The van der Waals surface area contributed by atoms with Crippen molar-refractivity contribution in [3.63, 3.8) is 0 Å². The molecule has 19 heavy (non-hydrogen) atoms. The average Bonchev–Trinajstić information content (AvgIpc) is 2.46. The Morgan fingerprint density at radius 2 is 1.63 bits per heavy atom. The molecule has 2 aromatic carbocycles. The summed E-state index contributed by atoms with van der Waals surface area (Å²) >= 11 is 0. The number of hydrogen-bond donors (Lipinski definition) is 0. The molecular weight excluding hydrogens is 236 g/mol. The van der Waals surface area contributed by atoms with E-state index in [1.54, 1.807) is 0 Å². The van der Waals surface area contributed by atoms with Crippen molar-refractivity contribution in [3.05, 3.63) is 60.2 Å². The molecule has 0 aliphatic carbocycles. The number of carbonyl (C=O) groups excluding carboxylic acids is 1. The third-order valence-electron chi connectivity index (χ3n) is 2.76. The second-order valence-corrected chi connectivity index (χ2v) is 4.14. The first-order valence-electron chi connectivity index (χ1n) is 5.99. The van der Waals surface area contributed by atoms with Crippen LogP contribution in [0.5, 0.6) is 0 Å². The lowest BCUT2D eigenvalue weighted by molar-refractivity contribution is -0.144. The average molecular weight is 250 g/mol. The predicted octanol–water partition coefficient (Wildman–Crippen LogP) is 3.59. The monoisotopic (exact) mass is 250 g/mol. The van der Waals surface area contributed by atoms with E-state index in [1.807, 2.05) is 54.6 Å². The summed E-state index contributed by atoms with van der Waals surface area (Å²) in [5.74, 6) is 2.09. The molecule has 94 valence electrons. The Bertz CT molecular complexity index is 591. The summed E-state index contributed by atoms with van der Waals surface area (Å²) in [5, 5.41) is 0. The summed E-state index contributed by atoms with van der Waals surface area (Å²) in [4.78, 5) is 11.0. The van der Waals surface area contributed by atoms with Gasteiger partial charge in [0.05, 0.1) is 0 Å². The molecule has 0 N–H and O–H groups in total. The number of esters is 1. The van der Waals surface area contributed by atoms with Crippen molar-refractivity contribution in [1.82, 2.24) is 0 Å². The molecule has 0 bridgehead atoms. The van der Waals surface area contributed by atoms with Crippen LogP contribution in [0.15, 0.2) is 54.6 Å². The maximum atomic E-state index is 11.0. The van der Waals surface area contributed by atoms with Gasteiger partial charge in [0.2, 0.25) is 0 Å². The molecule has 2 rings (SSSR count). The molecule has 2 heteroatoms. The highest BCUT2D eigenvalue weighted by atomic mass is 16.5. The molecule has 0 aliphatic rings. The number of ether oxygens (including phenoxy) is 1. The van der Waals surface area contributed by atoms with E-state index in [-0.39, 0.29) is 5.97 Å². The summed E-state index contributed by atoms with van der Waals surface area (Å²) < 4.78 is 5.06. The highest BCUT2D eigenvalue weighted by molar-refractivity contribution is 5.67. The fourth-order valence-corrected chi connectivity index (χ4v) is 1.85. The van der Waals surface area contributed by atoms with E-state index < -0.39 is 6.10 Å². The van der Waals surface area contributed by atoms with Gasteiger partial charge in [0.15, 0.2) is 6.10 Å². The van der Waals surface area contributed by atoms with Gasteiger partial charge in [-0.1, -0.05) is 60.5 Å². The van der Waals surface area contributed by atoms with Gasteiger partial charge in [-0.2, -0.15) is 0 Å². The number of rotatable bonds is 3. The van der Waals surface area contributed by atoms with Crippen molar-refractivity contribution < 1.29 is 9.53 Å². The quantitative estimate of drug-likeness (QED) is 0.614. The van der Waals surface area contributed by atoms with Crippen LogP contribution in [-0.4, -0.2) is 5.97 Å². The van der Waals surface area contributed by atoms with E-state index in [1.165, 1.54) is 6.92 Å². The van der Waals surface area contributed by atoms with E-state index in [0.717, 1.165) is 16.7 Å². The highest BCUT2D eigenvalue weighted by Crippen LogP contribution is 2.23. The van der Waals surface area contributed by atoms with Crippen LogP contribution in [0.2, 0.25) is 0 Å². The Hall–Kier alpha value is -2.53. The Morgan fingerprint density at radius 3 is 2.16 bits per heavy atom. The van der Waals surface area contributed by atoms with Gasteiger partial charge < -0.3 is 4.74 Å². The number of benzene rings is 2. The number of hydrogen-bond acceptors (Lipinski definition) is 2. The van der Waals surface area contributed by atoms with Crippen LogP contribution >= 0.6 is 0 Å². The molecule has 2 aromatic rings. The molecule has 1 unspecified atom stereocenters. The van der Waals surface area contributed by atoms with Crippen molar-refractivity contribution in [1.29, 1.82) is 0 Å². The van der Waals surface area contributed by atoms with Gasteiger partial charge in [0.1, 0.15) is 0 Å². The lowest BCUT2D eigenvalue weighted by Crippen LogP contribution is -2.06. The second-order valence-electron chi connectivity index (χ2n) is 4.14. The molecule has 0 spiro atoms. The van der Waals surface area contributed by atoms with Crippen LogP contribution in [0.4, 0.5) is 0 Å². The maximum Gasteiger partial charge on any atom is 0.304 e. The van der Waals surface area contributed by atoms with Crippen LogP contribution < -0.4 is 0 Å². The van der Waals surface area contributed by atoms with Crippen molar-refractivity contribution >= 4 is 5.97 Å². The van der Waals surface area contributed by atoms with Crippen LogP contribution in [0, 0.1) is 12.3 Å². The minimum atomic E-state index is -0.623. The fourth-order valence-electron chi connectivity index (χ4n) is 1.85. The Labute approximate surface area is 113 Å². The van der Waals surface area contributed by atoms with E-state index in [4.69, 9.17) is 11.2 Å². The normalized spacial score (nSPS) is 11.4. The maximum absolute atomic E-state index is 11.0. The van der Waals surface area contributed by atoms with Crippen molar-refractivity contribution in [2.45, 2.75) is 13.0 Å². The van der Waals surface area contributed by atoms with Crippen molar-refractivity contribution in [2.75, 3.05) is 0 Å². The molecular formula is C17H14O2. The van der Waals surface area contributed by atoms with E-state index >= 15 is 0 Å². The summed E-state index contributed by atoms with van der Waals surface area (Å²) in [5.41, 5.74) is 3.04. The third-order valence-corrected chi connectivity index (χ3v) is 2.76. The summed E-state index contributed by atoms with van der Waals surface area (Å²) in [6.45, 7) is 1.35. The molecule has 1 atom stereocenters. The molecule has 0 saturated heterocycles. The summed E-state index contributed by atoms with van der Waals surface area (Å²) in [7, 11) is 0. The molecule has 0 heterocycles. The largest absolute Gasteiger partial charge is 0.444 e. The van der Waals surface area contributed by atoms with Crippen LogP contribution in [-0.2, 0) is 9.53 Å². The molecule has 0 aliphatic heterocycles. The highest BCUT2D eigenvalue weighted by Gasteiger charge is 2.11. The minimum absolute atomic E-state index is 0.380. The lowest BCUT2D eigenvalue weighted by atomic mass is 10.0. The Kier molecular flexibility index (Phi) is 4.00. The molecule has 2 nitrogen and oxygen atoms in total. The number of carbonyl (C=O) groups is 1. The molecule has 0 radical (unpaired) electrons. The summed E-state index contributed by atoms with van der Waals surface area (Å²) in [6, 6.07) is 17.8. The smallest absolute Gasteiger partial charge is 0.304 e. The van der Waals surface area contributed by atoms with Gasteiger partial charge in [-0.05, 0) is 11.1 Å². The van der Waals surface area contributed by atoms with Crippen LogP contribution in [0.3, 0.4) is 0 Å². The van der Waals surface area contributed by atoms with Crippen molar-refractivity contribution in [3.8, 4) is 23.5 Å². The van der Waals surface area contributed by atoms with E-state index in [0.29, 0.717) is 0 Å². The van der Waals surface area contributed by atoms with E-state index in [2.05, 4.69) is 5.92 Å². The zero-order chi connectivity index (χ0) is 13.7. The molecule has 0 amide bonds. The predicted molar refractivity (Wildman–Crippen MR) is 75.2 cm³/mol. The second kappa shape index (κ2) is 5.88. The van der Waals surface area contributed by atoms with Gasteiger partial charge in [-0.3, -0.25) is 4.79 Å². The molecule has 0 fully saturated rings. The standard InChI is InChI=1S/C17H14O2/c1-3-17(19-13(2)18)16-11-9-15(10-12-16)14-7-5-4-6-8-14/h1,4-12,17H,2H3. The third kappa shape index (κ3) is 3.23. The Morgan fingerprint density at radius 1 is 1.05 bits per heavy atom. The van der Waals surface area contributed by atoms with E-state index in [9.17, 15) is 4.79 Å². The molecule has 0 aromatic heterocycles. The fraction of sp³-hybridized carbons (Fsp3) is 0.118. The van der Waals surface area contributed by atoms with Gasteiger partial charge in [0, 0.05) is 12.5 Å². The van der Waals surface area contributed by atoms with Crippen molar-refractivity contribution in [2.24, 2.45) is 0 Å². The zero-order valence-corrected chi connectivity index (χ0v) is 10.7. The zero-order valence-electron chi connectivity index (χ0n) is 10.7. The van der Waals surface area contributed by atoms with Gasteiger partial charge in [0.25, 0.3) is 0 Å². The topological polar surface area (TPSA) is 26.3 Å². The lowest BCUT2D eigenvalue weighted by Gasteiger charge is -2.11. The Balaban J connectivity index is 2.23. The summed E-state index contributed by atoms with van der Waals surface area (Å²) in [6.07, 6.45) is 4.75. The van der Waals surface area contributed by atoms with Crippen LogP contribution in [0.25, 0.3) is 11.1 Å². The molecule has 0 saturated carbocycles. The first-order valence-corrected chi connectivity index (χ1v) is 5.99. The number of terminal acetylenes is 1. The SMILES string of the molecule is C#CC(OC(C)=O)c1ccc(-c2ccccc2)cc1. The minimum Gasteiger partial charge on any atom is -0.444 e. The first-order chi connectivity index (χ1) is 9.20. The van der Waals surface area contributed by atoms with Gasteiger partial charge in [-0.25, -0.2) is 0 Å². The van der Waals surface area contributed by atoms with Gasteiger partial charge >= 0.3 is 5.97 Å².